The second-order valence-corrected chi connectivity index (χ2v) is 5.09. The van der Waals surface area contributed by atoms with E-state index in [0.29, 0.717) is 17.9 Å². The van der Waals surface area contributed by atoms with Crippen molar-refractivity contribution in [2.45, 2.75) is 32.2 Å². The smallest absolute Gasteiger partial charge is 0.269 e. The number of aromatic amines is 1. The minimum atomic E-state index is -0.144. The van der Waals surface area contributed by atoms with Gasteiger partial charge in [-0.05, 0) is 30.0 Å². The predicted molar refractivity (Wildman–Crippen MR) is 74.7 cm³/mol. The maximum Gasteiger partial charge on any atom is 0.269 e. The van der Waals surface area contributed by atoms with Gasteiger partial charge < -0.3 is 15.4 Å². The zero-order valence-electron chi connectivity index (χ0n) is 11.3. The normalized spacial score (nSPS) is 16.9. The van der Waals surface area contributed by atoms with E-state index in [4.69, 9.17) is 0 Å². The van der Waals surface area contributed by atoms with Crippen molar-refractivity contribution in [2.24, 2.45) is 0 Å². The number of aryl methyl sites for hydroxylation is 1. The van der Waals surface area contributed by atoms with E-state index in [-0.39, 0.29) is 11.9 Å². The van der Waals surface area contributed by atoms with Gasteiger partial charge in [0.2, 0.25) is 0 Å². The first-order valence-electron chi connectivity index (χ1n) is 6.82. The Morgan fingerprint density at radius 2 is 2.35 bits per heavy atom. The standard InChI is InChI=1S/C15H17N3O2/c1-2-14-16-8-12(18-14)15(20)17-10-6-9-4-3-5-13(19)11(9)7-10/h3-5,8,10,19H,2,6-7H2,1H3,(H,16,18)(H,17,20). The van der Waals surface area contributed by atoms with Crippen LogP contribution in [0.25, 0.3) is 0 Å². The lowest BCUT2D eigenvalue weighted by Gasteiger charge is -2.10. The SMILES string of the molecule is CCc1ncc(C(=O)NC2Cc3cccc(O)c3C2)[nH]1. The summed E-state index contributed by atoms with van der Waals surface area (Å²) in [5, 5.41) is 12.8. The fraction of sp³-hybridized carbons (Fsp3) is 0.333. The molecule has 1 aliphatic carbocycles. The van der Waals surface area contributed by atoms with E-state index in [9.17, 15) is 9.90 Å². The van der Waals surface area contributed by atoms with Gasteiger partial charge in [-0.3, -0.25) is 4.79 Å². The van der Waals surface area contributed by atoms with Crippen molar-refractivity contribution in [3.05, 3.63) is 47.0 Å². The van der Waals surface area contributed by atoms with Gasteiger partial charge in [0.15, 0.2) is 0 Å². The fourth-order valence-electron chi connectivity index (χ4n) is 2.65. The van der Waals surface area contributed by atoms with Gasteiger partial charge in [-0.15, -0.1) is 0 Å². The van der Waals surface area contributed by atoms with Crippen molar-refractivity contribution in [3.8, 4) is 5.75 Å². The van der Waals surface area contributed by atoms with Crippen LogP contribution in [0.15, 0.2) is 24.4 Å². The van der Waals surface area contributed by atoms with Crippen LogP contribution >= 0.6 is 0 Å². The van der Waals surface area contributed by atoms with E-state index in [1.807, 2.05) is 19.1 Å². The largest absolute Gasteiger partial charge is 0.508 e. The molecule has 1 aliphatic rings. The molecule has 1 amide bonds. The number of carbonyl (C=O) groups is 1. The lowest BCUT2D eigenvalue weighted by Crippen LogP contribution is -2.35. The van der Waals surface area contributed by atoms with Crippen LogP contribution in [0, 0.1) is 0 Å². The van der Waals surface area contributed by atoms with E-state index in [1.165, 1.54) is 0 Å². The molecule has 1 aromatic carbocycles. The lowest BCUT2D eigenvalue weighted by molar-refractivity contribution is 0.0934. The number of amides is 1. The van der Waals surface area contributed by atoms with Crippen molar-refractivity contribution in [2.75, 3.05) is 0 Å². The number of rotatable bonds is 3. The summed E-state index contributed by atoms with van der Waals surface area (Å²) in [7, 11) is 0. The molecular weight excluding hydrogens is 254 g/mol. The molecule has 3 N–H and O–H groups in total. The summed E-state index contributed by atoms with van der Waals surface area (Å²) in [5.41, 5.74) is 2.54. The predicted octanol–water partition coefficient (Wildman–Crippen LogP) is 1.57. The van der Waals surface area contributed by atoms with Gasteiger partial charge in [0, 0.05) is 12.5 Å². The second kappa shape index (κ2) is 5.00. The fourth-order valence-corrected chi connectivity index (χ4v) is 2.65. The second-order valence-electron chi connectivity index (χ2n) is 5.09. The Hall–Kier alpha value is -2.30. The number of phenolic OH excluding ortho intramolecular Hbond substituents is 1. The maximum absolute atomic E-state index is 12.1. The van der Waals surface area contributed by atoms with Gasteiger partial charge in [0.05, 0.1) is 6.20 Å². The molecule has 3 rings (SSSR count). The molecule has 0 aliphatic heterocycles. The van der Waals surface area contributed by atoms with Crippen LogP contribution in [-0.2, 0) is 19.3 Å². The monoisotopic (exact) mass is 271 g/mol. The molecule has 1 atom stereocenters. The Labute approximate surface area is 117 Å². The average Bonchev–Trinajstić information content (AvgIpc) is 3.05. The van der Waals surface area contributed by atoms with E-state index < -0.39 is 0 Å². The summed E-state index contributed by atoms with van der Waals surface area (Å²) in [6.45, 7) is 1.98. The van der Waals surface area contributed by atoms with E-state index >= 15 is 0 Å². The Kier molecular flexibility index (Phi) is 3.18. The van der Waals surface area contributed by atoms with Crippen LogP contribution in [0.4, 0.5) is 0 Å². The number of H-pyrrole nitrogens is 1. The maximum atomic E-state index is 12.1. The topological polar surface area (TPSA) is 78.0 Å². The van der Waals surface area contributed by atoms with Crippen molar-refractivity contribution < 1.29 is 9.90 Å². The molecule has 20 heavy (non-hydrogen) atoms. The summed E-state index contributed by atoms with van der Waals surface area (Å²) in [6, 6.07) is 5.54. The minimum Gasteiger partial charge on any atom is -0.508 e. The number of aromatic hydroxyl groups is 1. The first kappa shape index (κ1) is 12.7. The number of benzene rings is 1. The van der Waals surface area contributed by atoms with Gasteiger partial charge >= 0.3 is 0 Å². The number of carbonyl (C=O) groups excluding carboxylic acids is 1. The Bertz CT molecular complexity index is 648. The van der Waals surface area contributed by atoms with Crippen LogP contribution in [0.1, 0.15) is 34.4 Å². The molecule has 0 saturated heterocycles. The number of hydrogen-bond donors (Lipinski definition) is 3. The molecule has 5 nitrogen and oxygen atoms in total. The highest BCUT2D eigenvalue weighted by molar-refractivity contribution is 5.92. The molecule has 2 aromatic rings. The number of aromatic nitrogens is 2. The number of fused-ring (bicyclic) bond motifs is 1. The Morgan fingerprint density at radius 3 is 3.05 bits per heavy atom. The third kappa shape index (κ3) is 2.27. The zero-order chi connectivity index (χ0) is 14.1. The van der Waals surface area contributed by atoms with E-state index in [1.54, 1.807) is 12.3 Å². The van der Waals surface area contributed by atoms with Crippen LogP contribution in [-0.4, -0.2) is 27.0 Å². The molecule has 0 fully saturated rings. The number of imidazole rings is 1. The van der Waals surface area contributed by atoms with Crippen LogP contribution in [0.3, 0.4) is 0 Å². The molecule has 1 unspecified atom stereocenters. The molecule has 0 radical (unpaired) electrons. The van der Waals surface area contributed by atoms with E-state index in [2.05, 4.69) is 15.3 Å². The summed E-state index contributed by atoms with van der Waals surface area (Å²) < 4.78 is 0. The molecule has 104 valence electrons. The lowest BCUT2D eigenvalue weighted by atomic mass is 10.1. The molecule has 1 heterocycles. The van der Waals surface area contributed by atoms with Gasteiger partial charge in [0.25, 0.3) is 5.91 Å². The number of nitrogens with zero attached hydrogens (tertiary/aromatic N) is 1. The molecule has 5 heteroatoms. The highest BCUT2D eigenvalue weighted by atomic mass is 16.3. The van der Waals surface area contributed by atoms with Crippen molar-refractivity contribution in [1.82, 2.24) is 15.3 Å². The summed E-state index contributed by atoms with van der Waals surface area (Å²) in [5.74, 6) is 0.978. The van der Waals surface area contributed by atoms with E-state index in [0.717, 1.165) is 29.8 Å². The van der Waals surface area contributed by atoms with Crippen LogP contribution < -0.4 is 5.32 Å². The molecule has 0 saturated carbocycles. The third-order valence-corrected chi connectivity index (χ3v) is 3.71. The molecular formula is C15H17N3O2. The zero-order valence-corrected chi connectivity index (χ0v) is 11.3. The summed E-state index contributed by atoms with van der Waals surface area (Å²) in [4.78, 5) is 19.2. The number of phenols is 1. The quantitative estimate of drug-likeness (QED) is 0.793. The number of hydrogen-bond acceptors (Lipinski definition) is 3. The molecule has 1 aromatic heterocycles. The first-order chi connectivity index (χ1) is 9.67. The Morgan fingerprint density at radius 1 is 1.50 bits per heavy atom. The van der Waals surface area contributed by atoms with Gasteiger partial charge in [0.1, 0.15) is 17.3 Å². The molecule has 0 bridgehead atoms. The Balaban J connectivity index is 1.68. The van der Waals surface area contributed by atoms with Crippen molar-refractivity contribution >= 4 is 5.91 Å². The van der Waals surface area contributed by atoms with Crippen molar-refractivity contribution in [1.29, 1.82) is 0 Å². The highest BCUT2D eigenvalue weighted by Gasteiger charge is 2.25. The van der Waals surface area contributed by atoms with Crippen LogP contribution in [0.5, 0.6) is 5.75 Å². The molecule has 0 spiro atoms. The number of nitrogens with one attached hydrogen (secondary N) is 2. The van der Waals surface area contributed by atoms with Crippen molar-refractivity contribution in [3.63, 3.8) is 0 Å². The summed E-state index contributed by atoms with van der Waals surface area (Å²) >= 11 is 0. The first-order valence-corrected chi connectivity index (χ1v) is 6.82. The third-order valence-electron chi connectivity index (χ3n) is 3.71. The summed E-state index contributed by atoms with van der Waals surface area (Å²) in [6.07, 6.45) is 3.76. The van der Waals surface area contributed by atoms with Gasteiger partial charge in [-0.25, -0.2) is 4.98 Å². The average molecular weight is 271 g/mol. The van der Waals surface area contributed by atoms with Gasteiger partial charge in [-0.1, -0.05) is 19.1 Å². The highest BCUT2D eigenvalue weighted by Crippen LogP contribution is 2.29. The van der Waals surface area contributed by atoms with Gasteiger partial charge in [-0.2, -0.15) is 0 Å². The van der Waals surface area contributed by atoms with Crippen LogP contribution in [0.2, 0.25) is 0 Å². The minimum absolute atomic E-state index is 0.0270.